The Bertz CT molecular complexity index is 459. The molecule has 0 bridgehead atoms. The fourth-order valence-electron chi connectivity index (χ4n) is 1.38. The minimum absolute atomic E-state index is 0.137. The molecule has 5 nitrogen and oxygen atoms in total. The molecule has 0 saturated heterocycles. The highest BCUT2D eigenvalue weighted by molar-refractivity contribution is 5.30. The van der Waals surface area contributed by atoms with E-state index in [1.165, 1.54) is 0 Å². The number of rotatable bonds is 6. The first-order valence-corrected chi connectivity index (χ1v) is 5.75. The first-order chi connectivity index (χ1) is 8.86. The lowest BCUT2D eigenvalue weighted by Crippen LogP contribution is -2.27. The van der Waals surface area contributed by atoms with E-state index in [1.54, 1.807) is 12.0 Å². The molecule has 1 heterocycles. The Morgan fingerprint density at radius 1 is 1.47 bits per heavy atom. The Hall–Kier alpha value is -1.57. The molecule has 8 heteroatoms. The van der Waals surface area contributed by atoms with Crippen molar-refractivity contribution in [3.63, 3.8) is 0 Å². The van der Waals surface area contributed by atoms with Gasteiger partial charge in [0.1, 0.15) is 6.10 Å². The van der Waals surface area contributed by atoms with Crippen molar-refractivity contribution in [1.82, 2.24) is 10.2 Å². The maximum absolute atomic E-state index is 12.7. The summed E-state index contributed by atoms with van der Waals surface area (Å²) in [4.78, 5) is 11.2. The van der Waals surface area contributed by atoms with Gasteiger partial charge in [-0.1, -0.05) is 6.92 Å². The summed E-state index contributed by atoms with van der Waals surface area (Å²) < 4.78 is 48.4. The predicted octanol–water partition coefficient (Wildman–Crippen LogP) is 1.98. The summed E-state index contributed by atoms with van der Waals surface area (Å²) in [5.41, 5.74) is -2.71. The molecule has 0 saturated carbocycles. The van der Waals surface area contributed by atoms with Gasteiger partial charge in [-0.3, -0.25) is 4.79 Å². The van der Waals surface area contributed by atoms with E-state index in [2.05, 4.69) is 5.10 Å². The van der Waals surface area contributed by atoms with Crippen LogP contribution < -0.4 is 10.3 Å². The van der Waals surface area contributed by atoms with E-state index in [-0.39, 0.29) is 6.61 Å². The largest absolute Gasteiger partial charge is 0.486 e. The minimum atomic E-state index is -4.80. The fraction of sp³-hybridized carbons (Fsp3) is 0.636. The van der Waals surface area contributed by atoms with Gasteiger partial charge in [0, 0.05) is 6.61 Å². The average Bonchev–Trinajstić information content (AvgIpc) is 2.27. The Morgan fingerprint density at radius 3 is 2.74 bits per heavy atom. The van der Waals surface area contributed by atoms with Gasteiger partial charge in [0.05, 0.1) is 12.8 Å². The van der Waals surface area contributed by atoms with Crippen molar-refractivity contribution in [3.8, 4) is 5.75 Å². The standard InChI is InChI=1S/C11H15F3N2O3/c1-3-4-18-6-7(2)19-8-5-15-16-10(17)9(8)11(12,13)14/h5,7H,3-4,6H2,1-2H3,(H,16,17). The van der Waals surface area contributed by atoms with Crippen molar-refractivity contribution >= 4 is 0 Å². The first kappa shape index (κ1) is 15.5. The molecular weight excluding hydrogens is 265 g/mol. The highest BCUT2D eigenvalue weighted by Crippen LogP contribution is 2.33. The number of hydrogen-bond donors (Lipinski definition) is 1. The molecule has 0 spiro atoms. The number of aromatic nitrogens is 2. The second-order valence-electron chi connectivity index (χ2n) is 3.94. The Balaban J connectivity index is 2.84. The molecular formula is C11H15F3N2O3. The minimum Gasteiger partial charge on any atom is -0.486 e. The van der Waals surface area contributed by atoms with Crippen LogP contribution in [0.15, 0.2) is 11.0 Å². The van der Waals surface area contributed by atoms with E-state index in [1.807, 2.05) is 6.92 Å². The number of nitrogens with zero attached hydrogens (tertiary/aromatic N) is 1. The van der Waals surface area contributed by atoms with Gasteiger partial charge in [0.2, 0.25) is 0 Å². The van der Waals surface area contributed by atoms with E-state index < -0.39 is 29.2 Å². The molecule has 19 heavy (non-hydrogen) atoms. The summed E-state index contributed by atoms with van der Waals surface area (Å²) in [7, 11) is 0. The molecule has 0 amide bonds. The first-order valence-electron chi connectivity index (χ1n) is 5.75. The molecule has 0 aliphatic carbocycles. The van der Waals surface area contributed by atoms with Gasteiger partial charge in [0.15, 0.2) is 11.3 Å². The SMILES string of the molecule is CCCOCC(C)Oc1cn[nH]c(=O)c1C(F)(F)F. The van der Waals surface area contributed by atoms with Crippen LogP contribution in [0.2, 0.25) is 0 Å². The third-order valence-corrected chi connectivity index (χ3v) is 2.13. The quantitative estimate of drug-likeness (QED) is 0.809. The zero-order valence-electron chi connectivity index (χ0n) is 10.6. The van der Waals surface area contributed by atoms with Gasteiger partial charge >= 0.3 is 6.18 Å². The van der Waals surface area contributed by atoms with Crippen LogP contribution in [0, 0.1) is 0 Å². The molecule has 0 aliphatic heterocycles. The number of alkyl halides is 3. The molecule has 1 aromatic heterocycles. The Labute approximate surface area is 107 Å². The van der Waals surface area contributed by atoms with Crippen molar-refractivity contribution in [2.75, 3.05) is 13.2 Å². The summed E-state index contributed by atoms with van der Waals surface area (Å²) in [6.07, 6.45) is -3.78. The molecule has 0 aromatic carbocycles. The number of halogens is 3. The monoisotopic (exact) mass is 280 g/mol. The van der Waals surface area contributed by atoms with E-state index in [9.17, 15) is 18.0 Å². The molecule has 1 aromatic rings. The maximum Gasteiger partial charge on any atom is 0.425 e. The summed E-state index contributed by atoms with van der Waals surface area (Å²) in [6.45, 7) is 4.09. The summed E-state index contributed by atoms with van der Waals surface area (Å²) in [6, 6.07) is 0. The zero-order valence-corrected chi connectivity index (χ0v) is 10.6. The summed E-state index contributed by atoms with van der Waals surface area (Å²) >= 11 is 0. The topological polar surface area (TPSA) is 64.2 Å². The molecule has 0 radical (unpaired) electrons. The molecule has 108 valence electrons. The van der Waals surface area contributed by atoms with E-state index in [0.717, 1.165) is 12.6 Å². The van der Waals surface area contributed by atoms with E-state index in [4.69, 9.17) is 9.47 Å². The summed E-state index contributed by atoms with van der Waals surface area (Å²) in [5, 5.41) is 5.04. The Kier molecular flexibility index (Phi) is 5.34. The predicted molar refractivity (Wildman–Crippen MR) is 61.1 cm³/mol. The van der Waals surface area contributed by atoms with Crippen molar-refractivity contribution in [1.29, 1.82) is 0 Å². The van der Waals surface area contributed by atoms with Gasteiger partial charge in [-0.2, -0.15) is 18.3 Å². The number of nitrogens with one attached hydrogen (secondary N) is 1. The fourth-order valence-corrected chi connectivity index (χ4v) is 1.38. The molecule has 1 atom stereocenters. The highest BCUT2D eigenvalue weighted by atomic mass is 19.4. The maximum atomic E-state index is 12.7. The lowest BCUT2D eigenvalue weighted by atomic mass is 10.2. The average molecular weight is 280 g/mol. The van der Waals surface area contributed by atoms with E-state index >= 15 is 0 Å². The molecule has 0 fully saturated rings. The molecule has 0 aliphatic rings. The normalized spacial score (nSPS) is 13.3. The Morgan fingerprint density at radius 2 is 2.16 bits per heavy atom. The third-order valence-electron chi connectivity index (χ3n) is 2.13. The van der Waals surface area contributed by atoms with Crippen LogP contribution in [0.4, 0.5) is 13.2 Å². The zero-order chi connectivity index (χ0) is 14.5. The van der Waals surface area contributed by atoms with Gasteiger partial charge in [-0.15, -0.1) is 0 Å². The second-order valence-corrected chi connectivity index (χ2v) is 3.94. The molecule has 1 unspecified atom stereocenters. The van der Waals surface area contributed by atoms with Crippen LogP contribution in [-0.4, -0.2) is 29.5 Å². The van der Waals surface area contributed by atoms with Crippen LogP contribution in [0.5, 0.6) is 5.75 Å². The van der Waals surface area contributed by atoms with Crippen LogP contribution in [0.1, 0.15) is 25.8 Å². The van der Waals surface area contributed by atoms with Crippen LogP contribution in [-0.2, 0) is 10.9 Å². The number of hydrogen-bond acceptors (Lipinski definition) is 4. The van der Waals surface area contributed by atoms with Gasteiger partial charge in [0.25, 0.3) is 5.56 Å². The van der Waals surface area contributed by atoms with Crippen molar-refractivity contribution in [3.05, 3.63) is 22.1 Å². The summed E-state index contributed by atoms with van der Waals surface area (Å²) in [5.74, 6) is -0.594. The lowest BCUT2D eigenvalue weighted by molar-refractivity contribution is -0.140. The van der Waals surface area contributed by atoms with Crippen LogP contribution in [0.25, 0.3) is 0 Å². The van der Waals surface area contributed by atoms with Gasteiger partial charge < -0.3 is 9.47 Å². The van der Waals surface area contributed by atoms with Gasteiger partial charge in [-0.05, 0) is 13.3 Å². The molecule has 1 rings (SSSR count). The van der Waals surface area contributed by atoms with Crippen molar-refractivity contribution in [2.24, 2.45) is 0 Å². The van der Waals surface area contributed by atoms with Crippen LogP contribution in [0.3, 0.4) is 0 Å². The highest BCUT2D eigenvalue weighted by Gasteiger charge is 2.38. The number of H-pyrrole nitrogens is 1. The number of aromatic amines is 1. The number of ether oxygens (including phenoxy) is 2. The molecule has 1 N–H and O–H groups in total. The van der Waals surface area contributed by atoms with Crippen molar-refractivity contribution in [2.45, 2.75) is 32.5 Å². The van der Waals surface area contributed by atoms with Crippen molar-refractivity contribution < 1.29 is 22.6 Å². The third kappa shape index (κ3) is 4.55. The smallest absolute Gasteiger partial charge is 0.425 e. The van der Waals surface area contributed by atoms with Gasteiger partial charge in [-0.25, -0.2) is 5.10 Å². The second kappa shape index (κ2) is 6.55. The lowest BCUT2D eigenvalue weighted by Gasteiger charge is -2.17. The van der Waals surface area contributed by atoms with E-state index in [0.29, 0.717) is 6.61 Å². The van der Waals surface area contributed by atoms with Crippen LogP contribution >= 0.6 is 0 Å².